The van der Waals surface area contributed by atoms with Crippen LogP contribution in [-0.2, 0) is 4.79 Å². The highest BCUT2D eigenvalue weighted by molar-refractivity contribution is 6.34. The average Bonchev–Trinajstić information content (AvgIpc) is 2.68. The molecule has 1 aliphatic rings. The Morgan fingerprint density at radius 3 is 2.56 bits per heavy atom. The first-order valence-corrected chi connectivity index (χ1v) is 9.70. The highest BCUT2D eigenvalue weighted by Gasteiger charge is 2.21. The summed E-state index contributed by atoms with van der Waals surface area (Å²) in [6, 6.07) is 13.3. The van der Waals surface area contributed by atoms with E-state index in [1.54, 1.807) is 0 Å². The van der Waals surface area contributed by atoms with E-state index in [1.807, 2.05) is 49.4 Å². The maximum Gasteiger partial charge on any atom is 0.262 e. The summed E-state index contributed by atoms with van der Waals surface area (Å²) in [4.78, 5) is 17.1. The van der Waals surface area contributed by atoms with Crippen LogP contribution in [0.5, 0.6) is 5.75 Å². The first-order valence-electron chi connectivity index (χ1n) is 9.32. The van der Waals surface area contributed by atoms with Crippen LogP contribution in [-0.4, -0.2) is 50.1 Å². The maximum atomic E-state index is 12.4. The maximum absolute atomic E-state index is 12.4. The fourth-order valence-corrected chi connectivity index (χ4v) is 3.57. The zero-order valence-electron chi connectivity index (χ0n) is 15.9. The third kappa shape index (κ3) is 4.93. The van der Waals surface area contributed by atoms with E-state index >= 15 is 0 Å². The number of hydrogen-bond acceptors (Lipinski definition) is 4. The molecule has 144 valence electrons. The SMILES string of the molecule is CCN1CCN(c2c(Cl)cccc2NC(=O)COc2ccccc2C)CC1. The number of para-hydroxylation sites is 2. The number of nitrogens with zero attached hydrogens (tertiary/aromatic N) is 2. The van der Waals surface area contributed by atoms with Gasteiger partial charge < -0.3 is 19.9 Å². The first-order chi connectivity index (χ1) is 13.1. The molecule has 3 rings (SSSR count). The number of benzene rings is 2. The van der Waals surface area contributed by atoms with E-state index in [0.29, 0.717) is 5.02 Å². The van der Waals surface area contributed by atoms with Crippen LogP contribution in [0.2, 0.25) is 5.02 Å². The monoisotopic (exact) mass is 387 g/mol. The van der Waals surface area contributed by atoms with Crippen LogP contribution in [0.4, 0.5) is 11.4 Å². The largest absolute Gasteiger partial charge is 0.483 e. The Morgan fingerprint density at radius 2 is 1.85 bits per heavy atom. The van der Waals surface area contributed by atoms with Crippen molar-refractivity contribution in [2.45, 2.75) is 13.8 Å². The van der Waals surface area contributed by atoms with Crippen molar-refractivity contribution >= 4 is 28.9 Å². The second-order valence-corrected chi connectivity index (χ2v) is 7.07. The van der Waals surface area contributed by atoms with E-state index in [9.17, 15) is 4.79 Å². The summed E-state index contributed by atoms with van der Waals surface area (Å²) in [6.07, 6.45) is 0. The number of piperazine rings is 1. The van der Waals surface area contributed by atoms with E-state index in [1.165, 1.54) is 0 Å². The van der Waals surface area contributed by atoms with Crippen LogP contribution >= 0.6 is 11.6 Å². The Kier molecular flexibility index (Phi) is 6.58. The van der Waals surface area contributed by atoms with E-state index in [0.717, 1.165) is 55.4 Å². The van der Waals surface area contributed by atoms with Gasteiger partial charge in [-0.25, -0.2) is 0 Å². The Morgan fingerprint density at radius 1 is 1.11 bits per heavy atom. The minimum Gasteiger partial charge on any atom is -0.483 e. The number of amides is 1. The number of ether oxygens (including phenoxy) is 1. The van der Waals surface area contributed by atoms with E-state index in [2.05, 4.69) is 22.0 Å². The number of hydrogen-bond donors (Lipinski definition) is 1. The molecule has 2 aromatic carbocycles. The van der Waals surface area contributed by atoms with Crippen molar-refractivity contribution in [2.75, 3.05) is 49.5 Å². The smallest absolute Gasteiger partial charge is 0.262 e. The molecule has 6 heteroatoms. The fraction of sp³-hybridized carbons (Fsp3) is 0.381. The summed E-state index contributed by atoms with van der Waals surface area (Å²) in [5, 5.41) is 3.61. The molecule has 0 aromatic heterocycles. The molecule has 0 radical (unpaired) electrons. The molecule has 1 fully saturated rings. The number of nitrogens with one attached hydrogen (secondary N) is 1. The summed E-state index contributed by atoms with van der Waals surface area (Å²) in [6.45, 7) is 8.90. The molecule has 1 aliphatic heterocycles. The van der Waals surface area contributed by atoms with Gasteiger partial charge in [-0.15, -0.1) is 0 Å². The Labute approximate surface area is 165 Å². The summed E-state index contributed by atoms with van der Waals surface area (Å²) in [5.74, 6) is 0.517. The number of likely N-dealkylation sites (N-methyl/N-ethyl adjacent to an activating group) is 1. The molecule has 0 unspecified atom stereocenters. The minimum absolute atomic E-state index is 0.0413. The molecule has 0 spiro atoms. The summed E-state index contributed by atoms with van der Waals surface area (Å²) in [7, 11) is 0. The average molecular weight is 388 g/mol. The van der Waals surface area contributed by atoms with Gasteiger partial charge in [0, 0.05) is 26.2 Å². The van der Waals surface area contributed by atoms with Gasteiger partial charge in [-0.3, -0.25) is 4.79 Å². The Hall–Kier alpha value is -2.24. The highest BCUT2D eigenvalue weighted by Crippen LogP contribution is 2.34. The fourth-order valence-electron chi connectivity index (χ4n) is 3.27. The lowest BCUT2D eigenvalue weighted by molar-refractivity contribution is -0.118. The molecule has 1 saturated heterocycles. The summed E-state index contributed by atoms with van der Waals surface area (Å²) < 4.78 is 5.65. The van der Waals surface area contributed by atoms with Crippen LogP contribution in [0.3, 0.4) is 0 Å². The molecule has 27 heavy (non-hydrogen) atoms. The molecule has 0 bridgehead atoms. The second-order valence-electron chi connectivity index (χ2n) is 6.66. The van der Waals surface area contributed by atoms with Gasteiger partial charge in [0.25, 0.3) is 5.91 Å². The van der Waals surface area contributed by atoms with Crippen molar-refractivity contribution in [3.8, 4) is 5.75 Å². The molecule has 2 aromatic rings. The van der Waals surface area contributed by atoms with Crippen LogP contribution < -0.4 is 15.0 Å². The zero-order valence-corrected chi connectivity index (χ0v) is 16.6. The van der Waals surface area contributed by atoms with Gasteiger partial charge >= 0.3 is 0 Å². The Balaban J connectivity index is 1.67. The summed E-state index contributed by atoms with van der Waals surface area (Å²) in [5.41, 5.74) is 2.62. The zero-order chi connectivity index (χ0) is 19.2. The molecule has 1 N–H and O–H groups in total. The minimum atomic E-state index is -0.200. The highest BCUT2D eigenvalue weighted by atomic mass is 35.5. The van der Waals surface area contributed by atoms with Crippen LogP contribution in [0.15, 0.2) is 42.5 Å². The third-order valence-electron chi connectivity index (χ3n) is 4.85. The van der Waals surface area contributed by atoms with E-state index in [4.69, 9.17) is 16.3 Å². The van der Waals surface area contributed by atoms with Gasteiger partial charge in [0.1, 0.15) is 5.75 Å². The number of carbonyl (C=O) groups excluding carboxylic acids is 1. The van der Waals surface area contributed by atoms with Crippen molar-refractivity contribution in [3.05, 3.63) is 53.1 Å². The van der Waals surface area contributed by atoms with Crippen LogP contribution in [0.25, 0.3) is 0 Å². The van der Waals surface area contributed by atoms with E-state index < -0.39 is 0 Å². The van der Waals surface area contributed by atoms with Gasteiger partial charge in [0.15, 0.2) is 6.61 Å². The Bertz CT molecular complexity index is 789. The van der Waals surface area contributed by atoms with Gasteiger partial charge in [-0.2, -0.15) is 0 Å². The first kappa shape index (κ1) is 19.5. The molecule has 0 atom stereocenters. The molecular formula is C21H26ClN3O2. The lowest BCUT2D eigenvalue weighted by atomic mass is 10.2. The number of rotatable bonds is 6. The predicted octanol–water partition coefficient (Wildman–Crippen LogP) is 3.81. The van der Waals surface area contributed by atoms with Crippen molar-refractivity contribution < 1.29 is 9.53 Å². The molecular weight excluding hydrogens is 362 g/mol. The standard InChI is InChI=1S/C21H26ClN3O2/c1-3-24-11-13-25(14-12-24)21-17(22)8-6-9-18(21)23-20(26)15-27-19-10-5-4-7-16(19)2/h4-10H,3,11-15H2,1-2H3,(H,23,26). The number of halogens is 1. The number of aryl methyl sites for hydroxylation is 1. The summed E-state index contributed by atoms with van der Waals surface area (Å²) >= 11 is 6.47. The van der Waals surface area contributed by atoms with Gasteiger partial charge in [0.2, 0.25) is 0 Å². The molecule has 1 heterocycles. The topological polar surface area (TPSA) is 44.8 Å². The van der Waals surface area contributed by atoms with Gasteiger partial charge in [-0.05, 0) is 37.2 Å². The van der Waals surface area contributed by atoms with Crippen molar-refractivity contribution in [3.63, 3.8) is 0 Å². The third-order valence-corrected chi connectivity index (χ3v) is 5.15. The van der Waals surface area contributed by atoms with Crippen molar-refractivity contribution in [2.24, 2.45) is 0 Å². The molecule has 0 saturated carbocycles. The van der Waals surface area contributed by atoms with Gasteiger partial charge in [0.05, 0.1) is 16.4 Å². The number of anilines is 2. The van der Waals surface area contributed by atoms with Gasteiger partial charge in [-0.1, -0.05) is 42.8 Å². The molecule has 5 nitrogen and oxygen atoms in total. The molecule has 0 aliphatic carbocycles. The quantitative estimate of drug-likeness (QED) is 0.818. The van der Waals surface area contributed by atoms with Crippen molar-refractivity contribution in [1.82, 2.24) is 4.90 Å². The lowest BCUT2D eigenvalue weighted by Crippen LogP contribution is -2.46. The lowest BCUT2D eigenvalue weighted by Gasteiger charge is -2.36. The van der Waals surface area contributed by atoms with Crippen LogP contribution in [0.1, 0.15) is 12.5 Å². The number of carbonyl (C=O) groups is 1. The molecule has 1 amide bonds. The predicted molar refractivity (Wildman–Crippen MR) is 111 cm³/mol. The van der Waals surface area contributed by atoms with Crippen molar-refractivity contribution in [1.29, 1.82) is 0 Å². The second kappa shape index (κ2) is 9.11. The van der Waals surface area contributed by atoms with Crippen LogP contribution in [0, 0.1) is 6.92 Å². The normalized spacial score (nSPS) is 14.9. The van der Waals surface area contributed by atoms with E-state index in [-0.39, 0.29) is 12.5 Å².